The second-order valence-corrected chi connectivity index (χ2v) is 4.75. The van der Waals surface area contributed by atoms with Crippen molar-refractivity contribution in [1.29, 1.82) is 10.5 Å². The standard InChI is InChI=1S/C13H20N4O/c14-7-1-9-17(10-2-8-15)13(18)11-3-5-12(16)6-4-11/h11-12H,1-6,9-10,16H2. The largest absolute Gasteiger partial charge is 0.340 e. The molecule has 0 aliphatic heterocycles. The third-order valence-electron chi connectivity index (χ3n) is 3.42. The number of hydrogen-bond donors (Lipinski definition) is 1. The lowest BCUT2D eigenvalue weighted by Crippen LogP contribution is -2.40. The van der Waals surface area contributed by atoms with E-state index in [1.165, 1.54) is 0 Å². The van der Waals surface area contributed by atoms with Crippen LogP contribution >= 0.6 is 0 Å². The SMILES string of the molecule is N#CCCN(CCC#N)C(=O)C1CCC(N)CC1. The first-order valence-electron chi connectivity index (χ1n) is 6.47. The first-order valence-corrected chi connectivity index (χ1v) is 6.47. The second kappa shape index (κ2) is 7.68. The van der Waals surface area contributed by atoms with Crippen molar-refractivity contribution >= 4 is 5.91 Å². The Morgan fingerprint density at radius 2 is 1.61 bits per heavy atom. The Hall–Kier alpha value is -1.59. The quantitative estimate of drug-likeness (QED) is 0.789. The predicted molar refractivity (Wildman–Crippen MR) is 67.0 cm³/mol. The summed E-state index contributed by atoms with van der Waals surface area (Å²) in [7, 11) is 0. The summed E-state index contributed by atoms with van der Waals surface area (Å²) in [5.74, 6) is 0.120. The molecule has 1 amide bonds. The predicted octanol–water partition coefficient (Wildman–Crippen LogP) is 1.16. The summed E-state index contributed by atoms with van der Waals surface area (Å²) in [4.78, 5) is 13.9. The summed E-state index contributed by atoms with van der Waals surface area (Å²) in [5.41, 5.74) is 5.82. The van der Waals surface area contributed by atoms with E-state index in [0.717, 1.165) is 25.7 Å². The van der Waals surface area contributed by atoms with Gasteiger partial charge in [0.15, 0.2) is 0 Å². The molecular formula is C13H20N4O. The van der Waals surface area contributed by atoms with Crippen LogP contribution in [0.4, 0.5) is 0 Å². The zero-order valence-corrected chi connectivity index (χ0v) is 10.6. The Morgan fingerprint density at radius 3 is 2.06 bits per heavy atom. The maximum atomic E-state index is 12.3. The maximum Gasteiger partial charge on any atom is 0.225 e. The van der Waals surface area contributed by atoms with Gasteiger partial charge in [-0.1, -0.05) is 0 Å². The zero-order valence-electron chi connectivity index (χ0n) is 10.6. The van der Waals surface area contributed by atoms with Crippen LogP contribution in [0.2, 0.25) is 0 Å². The molecule has 0 aromatic rings. The van der Waals surface area contributed by atoms with E-state index in [2.05, 4.69) is 0 Å². The van der Waals surface area contributed by atoms with Crippen LogP contribution in [0.15, 0.2) is 0 Å². The summed E-state index contributed by atoms with van der Waals surface area (Å²) >= 11 is 0. The highest BCUT2D eigenvalue weighted by molar-refractivity contribution is 5.79. The van der Waals surface area contributed by atoms with Gasteiger partial charge >= 0.3 is 0 Å². The summed E-state index contributed by atoms with van der Waals surface area (Å²) in [5, 5.41) is 17.2. The molecule has 0 heterocycles. The van der Waals surface area contributed by atoms with Gasteiger partial charge in [0.05, 0.1) is 25.0 Å². The van der Waals surface area contributed by atoms with Crippen molar-refractivity contribution in [3.63, 3.8) is 0 Å². The number of nitrogens with zero attached hydrogens (tertiary/aromatic N) is 3. The Kier molecular flexibility index (Phi) is 6.18. The highest BCUT2D eigenvalue weighted by Crippen LogP contribution is 2.25. The molecule has 1 fully saturated rings. The molecule has 0 unspecified atom stereocenters. The van der Waals surface area contributed by atoms with Gasteiger partial charge in [-0.05, 0) is 25.7 Å². The number of rotatable bonds is 5. The first-order chi connectivity index (χ1) is 8.69. The van der Waals surface area contributed by atoms with Crippen molar-refractivity contribution in [1.82, 2.24) is 4.90 Å². The van der Waals surface area contributed by atoms with Crippen molar-refractivity contribution in [3.05, 3.63) is 0 Å². The number of carbonyl (C=O) groups is 1. The van der Waals surface area contributed by atoms with Crippen LogP contribution in [0.25, 0.3) is 0 Å². The molecule has 5 nitrogen and oxygen atoms in total. The third kappa shape index (κ3) is 4.35. The van der Waals surface area contributed by atoms with Crippen molar-refractivity contribution in [3.8, 4) is 12.1 Å². The van der Waals surface area contributed by atoms with Gasteiger partial charge in [-0.25, -0.2) is 0 Å². The van der Waals surface area contributed by atoms with Gasteiger partial charge in [-0.2, -0.15) is 10.5 Å². The van der Waals surface area contributed by atoms with Gasteiger partial charge in [0.25, 0.3) is 0 Å². The van der Waals surface area contributed by atoms with Gasteiger partial charge in [-0.15, -0.1) is 0 Å². The Bertz CT molecular complexity index is 329. The fraction of sp³-hybridized carbons (Fsp3) is 0.769. The molecular weight excluding hydrogens is 228 g/mol. The number of hydrogen-bond acceptors (Lipinski definition) is 4. The smallest absolute Gasteiger partial charge is 0.225 e. The van der Waals surface area contributed by atoms with Gasteiger partial charge in [0.2, 0.25) is 5.91 Å². The second-order valence-electron chi connectivity index (χ2n) is 4.75. The lowest BCUT2D eigenvalue weighted by atomic mass is 9.85. The lowest BCUT2D eigenvalue weighted by molar-refractivity contribution is -0.136. The topological polar surface area (TPSA) is 93.9 Å². The zero-order chi connectivity index (χ0) is 13.4. The maximum absolute atomic E-state index is 12.3. The van der Waals surface area contributed by atoms with E-state index in [1.807, 2.05) is 12.1 Å². The molecule has 2 N–H and O–H groups in total. The van der Waals surface area contributed by atoms with Crippen LogP contribution in [0.3, 0.4) is 0 Å². The van der Waals surface area contributed by atoms with E-state index in [9.17, 15) is 4.79 Å². The number of nitriles is 2. The lowest BCUT2D eigenvalue weighted by Gasteiger charge is -2.30. The fourth-order valence-corrected chi connectivity index (χ4v) is 2.33. The molecule has 0 bridgehead atoms. The van der Waals surface area contributed by atoms with E-state index in [4.69, 9.17) is 16.3 Å². The van der Waals surface area contributed by atoms with E-state index >= 15 is 0 Å². The van der Waals surface area contributed by atoms with E-state index in [0.29, 0.717) is 25.9 Å². The molecule has 1 aliphatic rings. The van der Waals surface area contributed by atoms with E-state index < -0.39 is 0 Å². The van der Waals surface area contributed by atoms with Crippen molar-refractivity contribution in [2.75, 3.05) is 13.1 Å². The normalized spacial score (nSPS) is 22.8. The molecule has 18 heavy (non-hydrogen) atoms. The minimum absolute atomic E-state index is 0.0298. The van der Waals surface area contributed by atoms with E-state index in [-0.39, 0.29) is 17.9 Å². The van der Waals surface area contributed by atoms with E-state index in [1.54, 1.807) is 4.90 Å². The molecule has 1 saturated carbocycles. The monoisotopic (exact) mass is 248 g/mol. The Morgan fingerprint density at radius 1 is 1.11 bits per heavy atom. The first kappa shape index (κ1) is 14.5. The van der Waals surface area contributed by atoms with Gasteiger partial charge in [0.1, 0.15) is 0 Å². The average Bonchev–Trinajstić information content (AvgIpc) is 2.39. The van der Waals surface area contributed by atoms with Crippen LogP contribution in [0, 0.1) is 28.6 Å². The number of carbonyl (C=O) groups excluding carboxylic acids is 1. The number of amides is 1. The minimum atomic E-state index is 0.0298. The van der Waals surface area contributed by atoms with Crippen molar-refractivity contribution in [2.45, 2.75) is 44.6 Å². The highest BCUT2D eigenvalue weighted by atomic mass is 16.2. The molecule has 5 heteroatoms. The molecule has 1 rings (SSSR count). The number of nitrogens with two attached hydrogens (primary N) is 1. The molecule has 0 aromatic carbocycles. The summed E-state index contributed by atoms with van der Waals surface area (Å²) in [6.07, 6.45) is 4.08. The fourth-order valence-electron chi connectivity index (χ4n) is 2.33. The molecule has 0 atom stereocenters. The average molecular weight is 248 g/mol. The van der Waals surface area contributed by atoms with Gasteiger partial charge < -0.3 is 10.6 Å². The summed E-state index contributed by atoms with van der Waals surface area (Å²) < 4.78 is 0. The Labute approximate surface area is 108 Å². The summed E-state index contributed by atoms with van der Waals surface area (Å²) in [6, 6.07) is 4.31. The minimum Gasteiger partial charge on any atom is -0.340 e. The van der Waals surface area contributed by atoms with Crippen LogP contribution in [-0.2, 0) is 4.79 Å². The molecule has 0 radical (unpaired) electrons. The molecule has 0 spiro atoms. The molecule has 98 valence electrons. The molecule has 1 aliphatic carbocycles. The van der Waals surface area contributed by atoms with Crippen molar-refractivity contribution in [2.24, 2.45) is 11.7 Å². The van der Waals surface area contributed by atoms with Crippen LogP contribution in [0.1, 0.15) is 38.5 Å². The Balaban J connectivity index is 2.52. The molecule has 0 saturated heterocycles. The van der Waals surface area contributed by atoms with Crippen LogP contribution < -0.4 is 5.73 Å². The van der Waals surface area contributed by atoms with Gasteiger partial charge in [-0.3, -0.25) is 4.79 Å². The third-order valence-corrected chi connectivity index (χ3v) is 3.42. The van der Waals surface area contributed by atoms with Gasteiger partial charge in [0, 0.05) is 25.0 Å². The summed E-state index contributed by atoms with van der Waals surface area (Å²) in [6.45, 7) is 0.860. The van der Waals surface area contributed by atoms with Crippen LogP contribution in [-0.4, -0.2) is 29.9 Å². The molecule has 0 aromatic heterocycles. The highest BCUT2D eigenvalue weighted by Gasteiger charge is 2.27. The van der Waals surface area contributed by atoms with Crippen LogP contribution in [0.5, 0.6) is 0 Å². The van der Waals surface area contributed by atoms with Crippen molar-refractivity contribution < 1.29 is 4.79 Å².